The van der Waals surface area contributed by atoms with Gasteiger partial charge in [-0.2, -0.15) is 13.2 Å². The monoisotopic (exact) mass is 283 g/mol. The number of rotatable bonds is 2. The van der Waals surface area contributed by atoms with Gasteiger partial charge in [-0.3, -0.25) is 14.0 Å². The third-order valence-electron chi connectivity index (χ3n) is 2.76. The van der Waals surface area contributed by atoms with Gasteiger partial charge >= 0.3 is 6.18 Å². The number of halogens is 3. The molecule has 2 rings (SSSR count). The molecule has 0 spiro atoms. The van der Waals surface area contributed by atoms with Crippen molar-refractivity contribution >= 4 is 24.9 Å². The van der Waals surface area contributed by atoms with Crippen LogP contribution in [0.15, 0.2) is 11.0 Å². The van der Waals surface area contributed by atoms with Crippen LogP contribution in [0.5, 0.6) is 0 Å². The molecule has 0 aliphatic heterocycles. The molecule has 0 N–H and O–H groups in total. The quantitative estimate of drug-likeness (QED) is 0.740. The highest BCUT2D eigenvalue weighted by Gasteiger charge is 2.36. The molecule has 0 fully saturated rings. The SMILES string of the molecule is [B]c1c(C(F)(F)F)nc2n(CC(C)=O)c(C)cn2c1=O. The summed E-state index contributed by atoms with van der Waals surface area (Å²) in [7, 11) is 5.20. The van der Waals surface area contributed by atoms with Crippen molar-refractivity contribution in [2.45, 2.75) is 26.6 Å². The fraction of sp³-hybridized carbons (Fsp3) is 0.364. The van der Waals surface area contributed by atoms with Crippen LogP contribution >= 0.6 is 0 Å². The molecule has 0 aromatic carbocycles. The Labute approximate surface area is 112 Å². The van der Waals surface area contributed by atoms with E-state index in [9.17, 15) is 22.8 Å². The number of alkyl halides is 3. The fourth-order valence-corrected chi connectivity index (χ4v) is 1.89. The van der Waals surface area contributed by atoms with Crippen molar-refractivity contribution in [1.29, 1.82) is 0 Å². The summed E-state index contributed by atoms with van der Waals surface area (Å²) in [5.41, 5.74) is -2.98. The fourth-order valence-electron chi connectivity index (χ4n) is 1.89. The number of nitrogens with zero attached hydrogens (tertiary/aromatic N) is 3. The molecule has 0 atom stereocenters. The maximum atomic E-state index is 12.8. The van der Waals surface area contributed by atoms with Crippen LogP contribution in [-0.2, 0) is 17.5 Å². The van der Waals surface area contributed by atoms with Crippen LogP contribution < -0.4 is 11.0 Å². The van der Waals surface area contributed by atoms with Crippen LogP contribution in [0.2, 0.25) is 0 Å². The standard InChI is InChI=1S/C11H9BF3N3O2/c1-5-3-18-9(20)7(12)8(11(13,14)15)16-10(18)17(5)4-6(2)19/h3H,4H2,1-2H3. The lowest BCUT2D eigenvalue weighted by Crippen LogP contribution is -2.38. The van der Waals surface area contributed by atoms with Crippen LogP contribution in [0.25, 0.3) is 5.78 Å². The molecule has 2 aromatic rings. The average Bonchev–Trinajstić information content (AvgIpc) is 2.59. The smallest absolute Gasteiger partial charge is 0.307 e. The van der Waals surface area contributed by atoms with Crippen molar-refractivity contribution < 1.29 is 18.0 Å². The summed E-state index contributed by atoms with van der Waals surface area (Å²) in [5.74, 6) is -0.532. The molecule has 2 radical (unpaired) electrons. The number of aryl methyl sites for hydroxylation is 1. The van der Waals surface area contributed by atoms with Crippen molar-refractivity contribution in [2.24, 2.45) is 0 Å². The van der Waals surface area contributed by atoms with Gasteiger partial charge in [0.2, 0.25) is 5.78 Å². The van der Waals surface area contributed by atoms with Gasteiger partial charge in [-0.15, -0.1) is 0 Å². The zero-order chi connectivity index (χ0) is 15.2. The molecule has 0 aliphatic rings. The zero-order valence-electron chi connectivity index (χ0n) is 10.7. The van der Waals surface area contributed by atoms with E-state index < -0.39 is 22.9 Å². The van der Waals surface area contributed by atoms with E-state index in [1.165, 1.54) is 17.7 Å². The minimum absolute atomic E-state index is 0.171. The van der Waals surface area contributed by atoms with Crippen molar-refractivity contribution in [2.75, 3.05) is 0 Å². The predicted octanol–water partition coefficient (Wildman–Crippen LogP) is 0.206. The topological polar surface area (TPSA) is 56.4 Å². The first kappa shape index (κ1) is 14.4. The molecule has 0 unspecified atom stereocenters. The lowest BCUT2D eigenvalue weighted by Gasteiger charge is -2.10. The molecular formula is C11H9BF3N3O2. The summed E-state index contributed by atoms with van der Waals surface area (Å²) in [6, 6.07) is 0. The van der Waals surface area contributed by atoms with E-state index in [-0.39, 0.29) is 18.1 Å². The molecule has 0 saturated carbocycles. The van der Waals surface area contributed by atoms with Crippen LogP contribution in [0.1, 0.15) is 18.3 Å². The summed E-state index contributed by atoms with van der Waals surface area (Å²) in [5, 5.41) is 0. The molecule has 9 heteroatoms. The van der Waals surface area contributed by atoms with Crippen molar-refractivity contribution in [1.82, 2.24) is 14.0 Å². The van der Waals surface area contributed by atoms with E-state index in [1.807, 2.05) is 0 Å². The highest BCUT2D eigenvalue weighted by molar-refractivity contribution is 6.32. The van der Waals surface area contributed by atoms with E-state index in [2.05, 4.69) is 4.98 Å². The summed E-state index contributed by atoms with van der Waals surface area (Å²) in [6.45, 7) is 2.67. The van der Waals surface area contributed by atoms with Crippen molar-refractivity contribution in [3.63, 3.8) is 0 Å². The second-order valence-electron chi connectivity index (χ2n) is 4.41. The molecular weight excluding hydrogens is 274 g/mol. The number of ketones is 1. The Morgan fingerprint density at radius 1 is 1.45 bits per heavy atom. The minimum atomic E-state index is -4.84. The highest BCUT2D eigenvalue weighted by atomic mass is 19.4. The first-order valence-electron chi connectivity index (χ1n) is 5.57. The van der Waals surface area contributed by atoms with Gasteiger partial charge in [-0.1, -0.05) is 0 Å². The largest absolute Gasteiger partial charge is 0.433 e. The summed E-state index contributed by atoms with van der Waals surface area (Å²) in [6.07, 6.45) is -3.54. The van der Waals surface area contributed by atoms with E-state index in [4.69, 9.17) is 7.85 Å². The summed E-state index contributed by atoms with van der Waals surface area (Å²) < 4.78 is 40.5. The number of hydrogen-bond acceptors (Lipinski definition) is 3. The number of aromatic nitrogens is 3. The Balaban J connectivity index is 2.86. The normalized spacial score (nSPS) is 12.1. The zero-order valence-corrected chi connectivity index (χ0v) is 10.7. The van der Waals surface area contributed by atoms with E-state index in [0.29, 0.717) is 5.69 Å². The Morgan fingerprint density at radius 3 is 2.55 bits per heavy atom. The Kier molecular flexibility index (Phi) is 3.23. The van der Waals surface area contributed by atoms with Gasteiger partial charge in [0.15, 0.2) is 0 Å². The Bertz CT molecular complexity index is 761. The molecule has 0 bridgehead atoms. The second kappa shape index (κ2) is 4.50. The van der Waals surface area contributed by atoms with Crippen molar-refractivity contribution in [3.8, 4) is 0 Å². The van der Waals surface area contributed by atoms with Gasteiger partial charge in [0.1, 0.15) is 19.3 Å². The first-order chi connectivity index (χ1) is 9.12. The third kappa shape index (κ3) is 2.23. The number of carbonyl (C=O) groups is 1. The van der Waals surface area contributed by atoms with Gasteiger partial charge < -0.3 is 4.57 Å². The first-order valence-corrected chi connectivity index (χ1v) is 5.57. The van der Waals surface area contributed by atoms with Gasteiger partial charge in [0, 0.05) is 11.9 Å². The van der Waals surface area contributed by atoms with E-state index in [0.717, 1.165) is 4.40 Å². The number of Topliss-reactive ketones (excluding diaryl/α,β-unsaturated/α-hetero) is 1. The van der Waals surface area contributed by atoms with E-state index >= 15 is 0 Å². The molecule has 0 amide bonds. The average molecular weight is 283 g/mol. The van der Waals surface area contributed by atoms with Gasteiger partial charge in [0.25, 0.3) is 5.56 Å². The number of hydrogen-bond donors (Lipinski definition) is 0. The molecule has 0 aliphatic carbocycles. The van der Waals surface area contributed by atoms with Crippen molar-refractivity contribution in [3.05, 3.63) is 27.9 Å². The number of carbonyl (C=O) groups excluding carboxylic acids is 1. The number of imidazole rings is 1. The molecule has 104 valence electrons. The van der Waals surface area contributed by atoms with Gasteiger partial charge in [0.05, 0.1) is 6.54 Å². The summed E-state index contributed by atoms with van der Waals surface area (Å²) in [4.78, 5) is 26.4. The maximum absolute atomic E-state index is 12.8. The highest BCUT2D eigenvalue weighted by Crippen LogP contribution is 2.25. The van der Waals surface area contributed by atoms with Crippen LogP contribution in [0, 0.1) is 6.92 Å². The van der Waals surface area contributed by atoms with E-state index in [1.54, 1.807) is 6.92 Å². The Hall–Kier alpha value is -2.06. The molecule has 0 saturated heterocycles. The maximum Gasteiger partial charge on any atom is 0.433 e. The summed E-state index contributed by atoms with van der Waals surface area (Å²) >= 11 is 0. The molecule has 2 aromatic heterocycles. The molecule has 2 heterocycles. The van der Waals surface area contributed by atoms with Crippen LogP contribution in [0.4, 0.5) is 13.2 Å². The number of fused-ring (bicyclic) bond motifs is 1. The lowest BCUT2D eigenvalue weighted by molar-refractivity contribution is -0.140. The predicted molar refractivity (Wildman–Crippen MR) is 65.3 cm³/mol. The molecule has 20 heavy (non-hydrogen) atoms. The molecule has 5 nitrogen and oxygen atoms in total. The minimum Gasteiger partial charge on any atom is -0.307 e. The second-order valence-corrected chi connectivity index (χ2v) is 4.41. The van der Waals surface area contributed by atoms with Gasteiger partial charge in [-0.05, 0) is 19.3 Å². The van der Waals surface area contributed by atoms with Crippen LogP contribution in [-0.4, -0.2) is 27.6 Å². The Morgan fingerprint density at radius 2 is 2.05 bits per heavy atom. The van der Waals surface area contributed by atoms with Crippen LogP contribution in [0.3, 0.4) is 0 Å². The third-order valence-corrected chi connectivity index (χ3v) is 2.76. The lowest BCUT2D eigenvalue weighted by atomic mass is 9.95. The van der Waals surface area contributed by atoms with Gasteiger partial charge in [-0.25, -0.2) is 4.98 Å².